The maximum atomic E-state index is 10.3. The summed E-state index contributed by atoms with van der Waals surface area (Å²) in [5.41, 5.74) is 14.2. The lowest BCUT2D eigenvalue weighted by atomic mass is 9.63. The van der Waals surface area contributed by atoms with E-state index in [-0.39, 0.29) is 0 Å². The van der Waals surface area contributed by atoms with Crippen LogP contribution in [-0.2, 0) is 5.54 Å². The Bertz CT molecular complexity index is 1840. The van der Waals surface area contributed by atoms with E-state index in [1.54, 1.807) is 4.52 Å². The SMILES string of the molecule is Cc1cc2ncc3c(-c4cncnc4)c(-c4ccccc4)c(-c4ccc([C@]5(N)C[C@@](C)(O)C5)cc4)nc3n2n1. The zero-order chi connectivity index (χ0) is 26.8. The van der Waals surface area contributed by atoms with E-state index in [0.717, 1.165) is 55.8 Å². The predicted octanol–water partition coefficient (Wildman–Crippen LogP) is 5.08. The Morgan fingerprint density at radius 3 is 2.28 bits per heavy atom. The largest absolute Gasteiger partial charge is 0.390 e. The van der Waals surface area contributed by atoms with Crippen LogP contribution in [0.5, 0.6) is 0 Å². The average molecular weight is 514 g/mol. The molecule has 192 valence electrons. The van der Waals surface area contributed by atoms with Crippen molar-refractivity contribution >= 4 is 16.7 Å². The fourth-order valence-electron chi connectivity index (χ4n) is 6.03. The van der Waals surface area contributed by atoms with Crippen LogP contribution in [0.25, 0.3) is 50.2 Å². The van der Waals surface area contributed by atoms with Gasteiger partial charge in [0.1, 0.15) is 6.33 Å². The van der Waals surface area contributed by atoms with Crippen LogP contribution in [0.1, 0.15) is 31.0 Å². The molecule has 0 atom stereocenters. The lowest BCUT2D eigenvalue weighted by Gasteiger charge is -2.49. The van der Waals surface area contributed by atoms with Gasteiger partial charge in [-0.25, -0.2) is 19.9 Å². The van der Waals surface area contributed by atoms with Crippen molar-refractivity contribution in [3.05, 3.63) is 96.8 Å². The van der Waals surface area contributed by atoms with Gasteiger partial charge in [-0.05, 0) is 37.8 Å². The van der Waals surface area contributed by atoms with Crippen molar-refractivity contribution in [3.8, 4) is 33.5 Å². The molecule has 0 unspecified atom stereocenters. The maximum absolute atomic E-state index is 10.3. The molecule has 0 aliphatic heterocycles. The Kier molecular flexibility index (Phi) is 5.13. The van der Waals surface area contributed by atoms with E-state index in [9.17, 15) is 5.11 Å². The number of nitrogens with zero attached hydrogens (tertiary/aromatic N) is 6. The number of fused-ring (bicyclic) bond motifs is 3. The van der Waals surface area contributed by atoms with Gasteiger partial charge in [0.25, 0.3) is 0 Å². The van der Waals surface area contributed by atoms with Crippen LogP contribution >= 0.6 is 0 Å². The van der Waals surface area contributed by atoms with Gasteiger partial charge in [0.2, 0.25) is 0 Å². The minimum Gasteiger partial charge on any atom is -0.390 e. The van der Waals surface area contributed by atoms with Crippen molar-refractivity contribution in [2.75, 3.05) is 0 Å². The van der Waals surface area contributed by atoms with Crippen molar-refractivity contribution in [2.24, 2.45) is 5.73 Å². The Morgan fingerprint density at radius 2 is 1.59 bits per heavy atom. The quantitative estimate of drug-likeness (QED) is 0.338. The standard InChI is InChI=1S/C31H27N7O/c1-19-12-25-35-15-24-26(22-13-33-18-34-14-22)27(20-6-4-3-5-7-20)28(36-29(24)38(25)37-19)21-8-10-23(11-9-21)31(32)16-30(2,39)17-31/h3-15,18,39H,16-17,32H2,1-2H3/t30-,31+. The zero-order valence-corrected chi connectivity index (χ0v) is 21.7. The summed E-state index contributed by atoms with van der Waals surface area (Å²) in [5.74, 6) is 0. The van der Waals surface area contributed by atoms with Crippen LogP contribution in [-0.4, -0.2) is 40.3 Å². The molecule has 3 N–H and O–H groups in total. The molecule has 6 aromatic rings. The smallest absolute Gasteiger partial charge is 0.165 e. The van der Waals surface area contributed by atoms with Crippen LogP contribution in [0.15, 0.2) is 85.6 Å². The first kappa shape index (κ1) is 23.6. The Morgan fingerprint density at radius 1 is 0.872 bits per heavy atom. The summed E-state index contributed by atoms with van der Waals surface area (Å²) in [6.45, 7) is 3.78. The van der Waals surface area contributed by atoms with Gasteiger partial charge < -0.3 is 10.8 Å². The van der Waals surface area contributed by atoms with Crippen molar-refractivity contribution in [1.29, 1.82) is 0 Å². The second-order valence-corrected chi connectivity index (χ2v) is 10.8. The molecule has 4 aromatic heterocycles. The first-order valence-corrected chi connectivity index (χ1v) is 12.9. The Labute approximate surface area is 225 Å². The number of aliphatic hydroxyl groups is 1. The van der Waals surface area contributed by atoms with Gasteiger partial charge in [0, 0.05) is 57.8 Å². The molecule has 1 aliphatic carbocycles. The van der Waals surface area contributed by atoms with Gasteiger partial charge >= 0.3 is 0 Å². The number of pyridine rings is 1. The van der Waals surface area contributed by atoms with E-state index in [0.29, 0.717) is 18.5 Å². The van der Waals surface area contributed by atoms with Gasteiger partial charge in [-0.1, -0.05) is 54.6 Å². The number of hydrogen-bond donors (Lipinski definition) is 2. The molecule has 7 rings (SSSR count). The molecule has 4 heterocycles. The second-order valence-electron chi connectivity index (χ2n) is 10.8. The molecule has 8 heteroatoms. The van der Waals surface area contributed by atoms with Crippen molar-refractivity contribution in [2.45, 2.75) is 37.8 Å². The summed E-state index contributed by atoms with van der Waals surface area (Å²) in [7, 11) is 0. The molecule has 0 spiro atoms. The molecule has 0 bridgehead atoms. The van der Waals surface area contributed by atoms with E-state index in [4.69, 9.17) is 20.8 Å². The van der Waals surface area contributed by atoms with Crippen LogP contribution in [0.2, 0.25) is 0 Å². The molecular formula is C31H27N7O. The summed E-state index contributed by atoms with van der Waals surface area (Å²) >= 11 is 0. The molecule has 1 aliphatic rings. The Hall–Kier alpha value is -4.53. The number of hydrogen-bond acceptors (Lipinski definition) is 7. The van der Waals surface area contributed by atoms with Gasteiger partial charge in [-0.2, -0.15) is 9.61 Å². The molecule has 2 aromatic carbocycles. The zero-order valence-electron chi connectivity index (χ0n) is 21.7. The van der Waals surface area contributed by atoms with Crippen LogP contribution in [0.4, 0.5) is 0 Å². The maximum Gasteiger partial charge on any atom is 0.165 e. The van der Waals surface area contributed by atoms with Crippen molar-refractivity contribution < 1.29 is 5.11 Å². The fraction of sp³-hybridized carbons (Fsp3) is 0.194. The summed E-state index contributed by atoms with van der Waals surface area (Å²) < 4.78 is 1.80. The predicted molar refractivity (Wildman–Crippen MR) is 151 cm³/mol. The normalized spacial score (nSPS) is 20.8. The second kappa shape index (κ2) is 8.49. The number of rotatable bonds is 4. The van der Waals surface area contributed by atoms with E-state index in [1.165, 1.54) is 6.33 Å². The van der Waals surface area contributed by atoms with Crippen molar-refractivity contribution in [3.63, 3.8) is 0 Å². The van der Waals surface area contributed by atoms with Crippen LogP contribution in [0.3, 0.4) is 0 Å². The molecule has 8 nitrogen and oxygen atoms in total. The third-order valence-electron chi connectivity index (χ3n) is 7.59. The topological polar surface area (TPSA) is 115 Å². The van der Waals surface area contributed by atoms with Crippen molar-refractivity contribution in [1.82, 2.24) is 29.5 Å². The highest BCUT2D eigenvalue weighted by molar-refractivity contribution is 6.06. The van der Waals surface area contributed by atoms with Gasteiger partial charge in [0.05, 0.1) is 17.0 Å². The number of aromatic nitrogens is 6. The molecule has 1 saturated carbocycles. The summed E-state index contributed by atoms with van der Waals surface area (Å²) in [5, 5.41) is 15.9. The third-order valence-corrected chi connectivity index (χ3v) is 7.59. The van der Waals surface area contributed by atoms with Crippen LogP contribution < -0.4 is 5.73 Å². The highest BCUT2D eigenvalue weighted by atomic mass is 16.3. The highest BCUT2D eigenvalue weighted by Crippen LogP contribution is 2.47. The molecule has 39 heavy (non-hydrogen) atoms. The first-order chi connectivity index (χ1) is 18.8. The molecule has 0 radical (unpaired) electrons. The molecule has 0 saturated heterocycles. The monoisotopic (exact) mass is 513 g/mol. The minimum absolute atomic E-state index is 0.530. The fourth-order valence-corrected chi connectivity index (χ4v) is 6.03. The third kappa shape index (κ3) is 3.88. The van der Waals surface area contributed by atoms with Crippen LogP contribution in [0, 0.1) is 6.92 Å². The van der Waals surface area contributed by atoms with Gasteiger partial charge in [-0.15, -0.1) is 0 Å². The van der Waals surface area contributed by atoms with Gasteiger partial charge in [0.15, 0.2) is 11.3 Å². The number of aryl methyl sites for hydroxylation is 1. The van der Waals surface area contributed by atoms with E-state index >= 15 is 0 Å². The summed E-state index contributed by atoms with van der Waals surface area (Å²) in [6, 6.07) is 20.4. The average Bonchev–Trinajstić information content (AvgIpc) is 3.32. The molecule has 0 amide bonds. The Balaban J connectivity index is 1.54. The summed E-state index contributed by atoms with van der Waals surface area (Å²) in [6.07, 6.45) is 8.10. The highest BCUT2D eigenvalue weighted by Gasteiger charge is 2.49. The minimum atomic E-state index is -0.720. The van der Waals surface area contributed by atoms with E-state index in [1.807, 2.05) is 56.7 Å². The number of nitrogens with two attached hydrogens (primary N) is 1. The van der Waals surface area contributed by atoms with E-state index < -0.39 is 11.1 Å². The lowest BCUT2D eigenvalue weighted by Crippen LogP contribution is -2.58. The lowest BCUT2D eigenvalue weighted by molar-refractivity contribution is -0.0738. The molecule has 1 fully saturated rings. The van der Waals surface area contributed by atoms with E-state index in [2.05, 4.69) is 46.4 Å². The first-order valence-electron chi connectivity index (χ1n) is 12.9. The number of benzene rings is 2. The molecular weight excluding hydrogens is 486 g/mol. The van der Waals surface area contributed by atoms with Gasteiger partial charge in [-0.3, -0.25) is 0 Å². The summed E-state index contributed by atoms with van der Waals surface area (Å²) in [4.78, 5) is 18.6.